The largest absolute Gasteiger partial charge is 0.351 e. The van der Waals surface area contributed by atoms with Crippen molar-refractivity contribution in [3.63, 3.8) is 0 Å². The lowest BCUT2D eigenvalue weighted by Crippen LogP contribution is -2.43. The second-order valence-corrected chi connectivity index (χ2v) is 4.61. The molecule has 4 heteroatoms. The summed E-state index contributed by atoms with van der Waals surface area (Å²) < 4.78 is 0. The van der Waals surface area contributed by atoms with Gasteiger partial charge in [-0.05, 0) is 23.5 Å². The Morgan fingerprint density at radius 2 is 1.83 bits per heavy atom. The molecule has 18 heavy (non-hydrogen) atoms. The highest BCUT2D eigenvalue weighted by Gasteiger charge is 2.16. The molecule has 3 nitrogen and oxygen atoms in total. The minimum atomic E-state index is -0.427. The molecule has 0 saturated carbocycles. The van der Waals surface area contributed by atoms with E-state index in [0.717, 1.165) is 6.42 Å². The lowest BCUT2D eigenvalue weighted by Gasteiger charge is -2.16. The zero-order chi connectivity index (χ0) is 12.8. The fourth-order valence-corrected chi connectivity index (χ4v) is 1.68. The minimum absolute atomic E-state index is 0. The molecule has 1 aromatic rings. The monoisotopic (exact) mass is 270 g/mol. The Morgan fingerprint density at radius 1 is 1.28 bits per heavy atom. The number of aryl methyl sites for hydroxylation is 1. The molecule has 0 aliphatic heterocycles. The zero-order valence-electron chi connectivity index (χ0n) is 11.3. The van der Waals surface area contributed by atoms with Crippen molar-refractivity contribution in [2.75, 3.05) is 0 Å². The molecule has 0 bridgehead atoms. The quantitative estimate of drug-likeness (QED) is 0.862. The van der Waals surface area contributed by atoms with Gasteiger partial charge in [-0.1, -0.05) is 45.0 Å². The number of amides is 1. The van der Waals surface area contributed by atoms with E-state index in [1.807, 2.05) is 32.0 Å². The van der Waals surface area contributed by atoms with Crippen molar-refractivity contribution in [1.82, 2.24) is 5.32 Å². The van der Waals surface area contributed by atoms with Crippen LogP contribution in [0.4, 0.5) is 0 Å². The Labute approximate surface area is 116 Å². The van der Waals surface area contributed by atoms with Crippen LogP contribution < -0.4 is 11.1 Å². The number of hydrogen-bond donors (Lipinski definition) is 2. The third kappa shape index (κ3) is 4.67. The van der Waals surface area contributed by atoms with Crippen LogP contribution in [-0.4, -0.2) is 11.9 Å². The second-order valence-electron chi connectivity index (χ2n) is 4.61. The third-order valence-corrected chi connectivity index (χ3v) is 2.97. The molecule has 1 atom stereocenters. The molecule has 0 spiro atoms. The highest BCUT2D eigenvalue weighted by molar-refractivity contribution is 5.85. The van der Waals surface area contributed by atoms with E-state index in [2.05, 4.69) is 18.3 Å². The summed E-state index contributed by atoms with van der Waals surface area (Å²) in [4.78, 5) is 11.7. The van der Waals surface area contributed by atoms with Gasteiger partial charge in [0.2, 0.25) is 5.91 Å². The standard InChI is InChI=1S/C14H22N2O.ClH/c1-4-11-7-5-6-8-12(11)9-16-14(17)13(15)10(2)3;/h5-8,10,13H,4,9,15H2,1-3H3,(H,16,17);1H/t13-;/m1./s1. The molecule has 0 fully saturated rings. The van der Waals surface area contributed by atoms with Crippen molar-refractivity contribution < 1.29 is 4.79 Å². The van der Waals surface area contributed by atoms with Gasteiger partial charge in [-0.25, -0.2) is 0 Å². The SMILES string of the molecule is CCc1ccccc1CNC(=O)[C@H](N)C(C)C.Cl. The first-order chi connectivity index (χ1) is 8.06. The number of carbonyl (C=O) groups excluding carboxylic acids is 1. The van der Waals surface area contributed by atoms with Crippen LogP contribution in [0.5, 0.6) is 0 Å². The van der Waals surface area contributed by atoms with Crippen molar-refractivity contribution in [2.45, 2.75) is 39.8 Å². The first kappa shape index (κ1) is 16.9. The first-order valence-electron chi connectivity index (χ1n) is 6.16. The van der Waals surface area contributed by atoms with E-state index in [4.69, 9.17) is 5.73 Å². The van der Waals surface area contributed by atoms with Gasteiger partial charge < -0.3 is 11.1 Å². The molecule has 0 saturated heterocycles. The minimum Gasteiger partial charge on any atom is -0.351 e. The van der Waals surface area contributed by atoms with Crippen molar-refractivity contribution >= 4 is 18.3 Å². The summed E-state index contributed by atoms with van der Waals surface area (Å²) in [5, 5.41) is 2.89. The van der Waals surface area contributed by atoms with Gasteiger partial charge in [0.05, 0.1) is 6.04 Å². The number of benzene rings is 1. The lowest BCUT2D eigenvalue weighted by molar-refractivity contribution is -0.123. The van der Waals surface area contributed by atoms with Gasteiger partial charge in [0.25, 0.3) is 0 Å². The summed E-state index contributed by atoms with van der Waals surface area (Å²) in [5.41, 5.74) is 8.22. The first-order valence-corrected chi connectivity index (χ1v) is 6.16. The molecule has 0 radical (unpaired) electrons. The Balaban J connectivity index is 0.00000289. The molecular weight excluding hydrogens is 248 g/mol. The number of halogens is 1. The maximum absolute atomic E-state index is 11.7. The molecule has 0 aromatic heterocycles. The Morgan fingerprint density at radius 3 is 2.33 bits per heavy atom. The van der Waals surface area contributed by atoms with Crippen LogP contribution in [0.3, 0.4) is 0 Å². The number of rotatable bonds is 5. The molecular formula is C14H23ClN2O. The van der Waals surface area contributed by atoms with Crippen molar-refractivity contribution in [2.24, 2.45) is 11.7 Å². The maximum Gasteiger partial charge on any atom is 0.237 e. The molecule has 0 heterocycles. The summed E-state index contributed by atoms with van der Waals surface area (Å²) in [7, 11) is 0. The fourth-order valence-electron chi connectivity index (χ4n) is 1.68. The molecule has 1 rings (SSSR count). The van der Waals surface area contributed by atoms with Crippen LogP contribution in [0.2, 0.25) is 0 Å². The lowest BCUT2D eigenvalue weighted by atomic mass is 10.0. The fraction of sp³-hybridized carbons (Fsp3) is 0.500. The normalized spacial score (nSPS) is 11.8. The van der Waals surface area contributed by atoms with Crippen LogP contribution in [0.15, 0.2) is 24.3 Å². The smallest absolute Gasteiger partial charge is 0.237 e. The van der Waals surface area contributed by atoms with E-state index in [0.29, 0.717) is 6.54 Å². The molecule has 0 unspecified atom stereocenters. The van der Waals surface area contributed by atoms with Gasteiger partial charge in [-0.2, -0.15) is 0 Å². The van der Waals surface area contributed by atoms with Crippen LogP contribution in [0, 0.1) is 5.92 Å². The van der Waals surface area contributed by atoms with Crippen LogP contribution in [-0.2, 0) is 17.8 Å². The summed E-state index contributed by atoms with van der Waals surface area (Å²) in [6.07, 6.45) is 0.974. The van der Waals surface area contributed by atoms with Crippen molar-refractivity contribution in [3.05, 3.63) is 35.4 Å². The highest BCUT2D eigenvalue weighted by atomic mass is 35.5. The summed E-state index contributed by atoms with van der Waals surface area (Å²) >= 11 is 0. The summed E-state index contributed by atoms with van der Waals surface area (Å²) in [6.45, 7) is 6.57. The van der Waals surface area contributed by atoms with Crippen LogP contribution in [0.1, 0.15) is 31.9 Å². The topological polar surface area (TPSA) is 55.1 Å². The number of nitrogens with two attached hydrogens (primary N) is 1. The predicted molar refractivity (Wildman–Crippen MR) is 77.7 cm³/mol. The Kier molecular flexibility index (Phi) is 7.64. The average Bonchev–Trinajstić information content (AvgIpc) is 2.35. The molecule has 3 N–H and O–H groups in total. The average molecular weight is 271 g/mol. The molecule has 1 amide bonds. The van der Waals surface area contributed by atoms with E-state index >= 15 is 0 Å². The maximum atomic E-state index is 11.7. The van der Waals surface area contributed by atoms with E-state index in [9.17, 15) is 4.79 Å². The Bertz CT molecular complexity index is 380. The van der Waals surface area contributed by atoms with Gasteiger partial charge in [-0.3, -0.25) is 4.79 Å². The van der Waals surface area contributed by atoms with Gasteiger partial charge >= 0.3 is 0 Å². The van der Waals surface area contributed by atoms with E-state index < -0.39 is 6.04 Å². The van der Waals surface area contributed by atoms with Crippen molar-refractivity contribution in [1.29, 1.82) is 0 Å². The van der Waals surface area contributed by atoms with Gasteiger partial charge in [-0.15, -0.1) is 12.4 Å². The van der Waals surface area contributed by atoms with Crippen LogP contribution >= 0.6 is 12.4 Å². The van der Waals surface area contributed by atoms with Gasteiger partial charge in [0.1, 0.15) is 0 Å². The highest BCUT2D eigenvalue weighted by Crippen LogP contribution is 2.09. The molecule has 1 aromatic carbocycles. The van der Waals surface area contributed by atoms with E-state index in [-0.39, 0.29) is 24.2 Å². The van der Waals surface area contributed by atoms with Crippen molar-refractivity contribution in [3.8, 4) is 0 Å². The zero-order valence-corrected chi connectivity index (χ0v) is 12.1. The van der Waals surface area contributed by atoms with Gasteiger partial charge in [0.15, 0.2) is 0 Å². The molecule has 102 valence electrons. The van der Waals surface area contributed by atoms with E-state index in [1.54, 1.807) is 0 Å². The summed E-state index contributed by atoms with van der Waals surface area (Å²) in [6, 6.07) is 7.71. The second kappa shape index (κ2) is 8.11. The number of hydrogen-bond acceptors (Lipinski definition) is 2. The van der Waals surface area contributed by atoms with Gasteiger partial charge in [0, 0.05) is 6.54 Å². The third-order valence-electron chi connectivity index (χ3n) is 2.97. The molecule has 0 aliphatic carbocycles. The number of nitrogens with one attached hydrogen (secondary N) is 1. The summed E-state index contributed by atoms with van der Waals surface area (Å²) in [5.74, 6) is 0.0855. The number of carbonyl (C=O) groups is 1. The Hall–Kier alpha value is -1.06. The predicted octanol–water partition coefficient (Wildman–Crippen LogP) is 2.27. The molecule has 0 aliphatic rings. The van der Waals surface area contributed by atoms with E-state index in [1.165, 1.54) is 11.1 Å². The van der Waals surface area contributed by atoms with Crippen LogP contribution in [0.25, 0.3) is 0 Å².